The molecule has 0 aromatic heterocycles. The van der Waals surface area contributed by atoms with E-state index in [9.17, 15) is 26.0 Å². The number of anilines is 1. The van der Waals surface area contributed by atoms with Crippen LogP contribution in [0.15, 0.2) is 46.2 Å². The smallest absolute Gasteiger partial charge is 0.261 e. The fraction of sp³-hybridized carbons (Fsp3) is 0.350. The van der Waals surface area contributed by atoms with Gasteiger partial charge in [-0.3, -0.25) is 4.79 Å². The normalized spacial score (nSPS) is 14.2. The summed E-state index contributed by atoms with van der Waals surface area (Å²) in [4.78, 5) is 14.3. The lowest BCUT2D eigenvalue weighted by Gasteiger charge is -2.21. The Kier molecular flexibility index (Phi) is 6.51. The molecule has 1 aliphatic heterocycles. The van der Waals surface area contributed by atoms with Gasteiger partial charge < -0.3 is 4.90 Å². The molecule has 1 amide bonds. The first-order valence-corrected chi connectivity index (χ1v) is 12.7. The van der Waals surface area contributed by atoms with Gasteiger partial charge in [0.25, 0.3) is 5.91 Å². The zero-order valence-corrected chi connectivity index (χ0v) is 19.1. The fourth-order valence-corrected chi connectivity index (χ4v) is 5.83. The summed E-state index contributed by atoms with van der Waals surface area (Å²) < 4.78 is 67.6. The van der Waals surface area contributed by atoms with Crippen LogP contribution in [0.3, 0.4) is 0 Å². The molecule has 0 radical (unpaired) electrons. The second kappa shape index (κ2) is 8.65. The Hall–Kier alpha value is -2.34. The van der Waals surface area contributed by atoms with Crippen LogP contribution < -0.4 is 9.62 Å². The van der Waals surface area contributed by atoms with E-state index in [1.165, 1.54) is 34.5 Å². The maximum absolute atomic E-state index is 14.5. The molecule has 8 nitrogen and oxygen atoms in total. The molecule has 31 heavy (non-hydrogen) atoms. The van der Waals surface area contributed by atoms with Crippen LogP contribution >= 0.6 is 0 Å². The minimum atomic E-state index is -3.86. The molecule has 2 aromatic carbocycles. The number of nitrogens with zero attached hydrogens (tertiary/aromatic N) is 2. The predicted molar refractivity (Wildman–Crippen MR) is 115 cm³/mol. The first kappa shape index (κ1) is 23.3. The Bertz CT molecular complexity index is 1230. The lowest BCUT2D eigenvalue weighted by Crippen LogP contribution is -2.32. The third kappa shape index (κ3) is 4.22. The van der Waals surface area contributed by atoms with Crippen LogP contribution in [-0.2, 0) is 26.5 Å². The van der Waals surface area contributed by atoms with Crippen molar-refractivity contribution >= 4 is 31.6 Å². The molecule has 1 aliphatic rings. The van der Waals surface area contributed by atoms with Crippen molar-refractivity contribution in [3.05, 3.63) is 53.3 Å². The highest BCUT2D eigenvalue weighted by molar-refractivity contribution is 7.89. The van der Waals surface area contributed by atoms with Gasteiger partial charge in [-0.25, -0.2) is 25.9 Å². The summed E-state index contributed by atoms with van der Waals surface area (Å²) in [6.45, 7) is 4.11. The molecular weight excluding hydrogens is 445 g/mol. The van der Waals surface area contributed by atoms with Crippen LogP contribution in [0, 0.1) is 5.82 Å². The number of hydrogen-bond donors (Lipinski definition) is 1. The number of nitrogens with one attached hydrogen (secondary N) is 1. The Morgan fingerprint density at radius 3 is 2.32 bits per heavy atom. The van der Waals surface area contributed by atoms with Crippen molar-refractivity contribution in [3.63, 3.8) is 0 Å². The molecule has 0 spiro atoms. The van der Waals surface area contributed by atoms with E-state index >= 15 is 0 Å². The van der Waals surface area contributed by atoms with Gasteiger partial charge in [-0.05, 0) is 55.4 Å². The lowest BCUT2D eigenvalue weighted by molar-refractivity contribution is 0.0985. The van der Waals surface area contributed by atoms with E-state index < -0.39 is 31.8 Å². The van der Waals surface area contributed by atoms with Crippen molar-refractivity contribution < 1.29 is 26.0 Å². The van der Waals surface area contributed by atoms with E-state index in [0.717, 1.165) is 18.2 Å². The van der Waals surface area contributed by atoms with Crippen LogP contribution in [0.1, 0.15) is 29.8 Å². The van der Waals surface area contributed by atoms with Crippen LogP contribution in [0.2, 0.25) is 0 Å². The van der Waals surface area contributed by atoms with Gasteiger partial charge in [-0.15, -0.1) is 0 Å². The first-order chi connectivity index (χ1) is 14.6. The number of rotatable bonds is 7. The lowest BCUT2D eigenvalue weighted by atomic mass is 10.1. The monoisotopic (exact) mass is 469 g/mol. The van der Waals surface area contributed by atoms with E-state index in [0.29, 0.717) is 17.7 Å². The van der Waals surface area contributed by atoms with Crippen LogP contribution in [0.4, 0.5) is 10.1 Å². The van der Waals surface area contributed by atoms with Gasteiger partial charge in [-0.1, -0.05) is 13.8 Å². The van der Waals surface area contributed by atoms with Gasteiger partial charge in [0.1, 0.15) is 5.82 Å². The topological polar surface area (TPSA) is 104 Å². The van der Waals surface area contributed by atoms with Crippen molar-refractivity contribution in [1.82, 2.24) is 9.03 Å². The van der Waals surface area contributed by atoms with E-state index in [-0.39, 0.29) is 35.0 Å². The van der Waals surface area contributed by atoms with E-state index in [2.05, 4.69) is 4.72 Å². The summed E-state index contributed by atoms with van der Waals surface area (Å²) in [6.07, 6.45) is 0.396. The largest absolute Gasteiger partial charge is 0.308 e. The van der Waals surface area contributed by atoms with Crippen molar-refractivity contribution in [1.29, 1.82) is 0 Å². The van der Waals surface area contributed by atoms with Crippen LogP contribution in [0.25, 0.3) is 0 Å². The molecule has 3 rings (SSSR count). The highest BCUT2D eigenvalue weighted by Gasteiger charge is 2.30. The maximum Gasteiger partial charge on any atom is 0.261 e. The number of halogens is 1. The molecule has 11 heteroatoms. The molecule has 0 saturated heterocycles. The molecule has 0 saturated carbocycles. The van der Waals surface area contributed by atoms with Gasteiger partial charge in [-0.2, -0.15) is 4.31 Å². The molecule has 0 unspecified atom stereocenters. The summed E-state index contributed by atoms with van der Waals surface area (Å²) >= 11 is 0. The molecule has 0 aliphatic carbocycles. The highest BCUT2D eigenvalue weighted by Crippen LogP contribution is 2.32. The molecule has 0 atom stereocenters. The molecule has 1 heterocycles. The van der Waals surface area contributed by atoms with Crippen molar-refractivity contribution in [2.24, 2.45) is 0 Å². The average molecular weight is 470 g/mol. The Morgan fingerprint density at radius 1 is 1.06 bits per heavy atom. The molecule has 168 valence electrons. The summed E-state index contributed by atoms with van der Waals surface area (Å²) in [7, 11) is -6.19. The second-order valence-electron chi connectivity index (χ2n) is 6.94. The Balaban J connectivity index is 1.99. The highest BCUT2D eigenvalue weighted by atomic mass is 32.2. The van der Waals surface area contributed by atoms with Gasteiger partial charge in [0.2, 0.25) is 20.0 Å². The molecule has 2 aromatic rings. The number of hydrogen-bond acceptors (Lipinski definition) is 5. The number of amides is 1. The standard InChI is InChI=1S/C20H24FN3O5S2/c1-4-23(5-2)31(28,29)16-6-8-18(21)17(13-16)20(25)24-11-10-14-12-15(7-9-19(14)24)30(26,27)22-3/h6-9,12-13,22H,4-5,10-11H2,1-3H3. The Labute approximate surface area is 181 Å². The average Bonchev–Trinajstić information content (AvgIpc) is 3.17. The van der Waals surface area contributed by atoms with Crippen LogP contribution in [0.5, 0.6) is 0 Å². The molecule has 0 fully saturated rings. The molecular formula is C20H24FN3O5S2. The Morgan fingerprint density at radius 2 is 1.71 bits per heavy atom. The minimum absolute atomic E-state index is 0.0709. The number of fused-ring (bicyclic) bond motifs is 1. The summed E-state index contributed by atoms with van der Waals surface area (Å²) in [5.74, 6) is -1.51. The van der Waals surface area contributed by atoms with Gasteiger partial charge in [0.15, 0.2) is 0 Å². The van der Waals surface area contributed by atoms with E-state index in [1.807, 2.05) is 0 Å². The predicted octanol–water partition coefficient (Wildman–Crippen LogP) is 1.97. The van der Waals surface area contributed by atoms with Gasteiger partial charge >= 0.3 is 0 Å². The molecule has 1 N–H and O–H groups in total. The SMILES string of the molecule is CCN(CC)S(=O)(=O)c1ccc(F)c(C(=O)N2CCc3cc(S(=O)(=O)NC)ccc32)c1. The van der Waals surface area contributed by atoms with Crippen molar-refractivity contribution in [2.75, 3.05) is 31.6 Å². The first-order valence-electron chi connectivity index (χ1n) is 9.74. The maximum atomic E-state index is 14.5. The van der Waals surface area contributed by atoms with Crippen LogP contribution in [-0.4, -0.2) is 53.7 Å². The van der Waals surface area contributed by atoms with E-state index in [4.69, 9.17) is 0 Å². The number of carbonyl (C=O) groups excluding carboxylic acids is 1. The molecule has 0 bridgehead atoms. The van der Waals surface area contributed by atoms with E-state index in [1.54, 1.807) is 13.8 Å². The minimum Gasteiger partial charge on any atom is -0.308 e. The quantitative estimate of drug-likeness (QED) is 0.668. The number of carbonyl (C=O) groups is 1. The summed E-state index contributed by atoms with van der Waals surface area (Å²) in [5, 5.41) is 0. The second-order valence-corrected chi connectivity index (χ2v) is 10.8. The third-order valence-corrected chi connectivity index (χ3v) is 8.74. The zero-order chi connectivity index (χ0) is 23.0. The van der Waals surface area contributed by atoms with Crippen molar-refractivity contribution in [2.45, 2.75) is 30.1 Å². The zero-order valence-electron chi connectivity index (χ0n) is 17.4. The summed E-state index contributed by atoms with van der Waals surface area (Å²) in [5.41, 5.74) is 0.751. The fourth-order valence-electron chi connectivity index (χ4n) is 3.56. The summed E-state index contributed by atoms with van der Waals surface area (Å²) in [6, 6.07) is 7.53. The number of benzene rings is 2. The van der Waals surface area contributed by atoms with Crippen molar-refractivity contribution in [3.8, 4) is 0 Å². The van der Waals surface area contributed by atoms with Gasteiger partial charge in [0.05, 0.1) is 15.4 Å². The number of sulfonamides is 2. The third-order valence-electron chi connectivity index (χ3n) is 5.28. The van der Waals surface area contributed by atoms with Gasteiger partial charge in [0, 0.05) is 25.3 Å².